The van der Waals surface area contributed by atoms with Gasteiger partial charge in [-0.15, -0.1) is 0 Å². The summed E-state index contributed by atoms with van der Waals surface area (Å²) in [6.07, 6.45) is 7.25. The van der Waals surface area contributed by atoms with Crippen molar-refractivity contribution in [2.24, 2.45) is 5.92 Å². The molecule has 1 heterocycles. The molecule has 2 aliphatic rings. The van der Waals surface area contributed by atoms with Crippen molar-refractivity contribution in [1.82, 2.24) is 10.2 Å². The average molecular weight is 254 g/mol. The number of nitrogens with one attached hydrogen (secondary N) is 1. The van der Waals surface area contributed by atoms with Crippen LogP contribution in [-0.4, -0.2) is 48.2 Å². The lowest BCUT2D eigenvalue weighted by atomic mass is 9.89. The van der Waals surface area contributed by atoms with Crippen LogP contribution in [0, 0.1) is 5.92 Å². The third-order valence-corrected chi connectivity index (χ3v) is 4.31. The number of carbonyl (C=O) groups excluding carboxylic acids is 1. The summed E-state index contributed by atoms with van der Waals surface area (Å²) in [5.41, 5.74) is 0. The Morgan fingerprint density at radius 1 is 1.22 bits per heavy atom. The molecule has 2 rings (SSSR count). The summed E-state index contributed by atoms with van der Waals surface area (Å²) >= 11 is 0. The zero-order chi connectivity index (χ0) is 12.8. The Kier molecular flexibility index (Phi) is 5.45. The summed E-state index contributed by atoms with van der Waals surface area (Å²) in [4.78, 5) is 14.4. The number of piperidine rings is 1. The predicted molar refractivity (Wildman–Crippen MR) is 71.3 cm³/mol. The molecular weight excluding hydrogens is 228 g/mol. The van der Waals surface area contributed by atoms with Gasteiger partial charge in [-0.3, -0.25) is 4.79 Å². The second-order valence-electron chi connectivity index (χ2n) is 5.65. The largest absolute Gasteiger partial charge is 0.396 e. The lowest BCUT2D eigenvalue weighted by Crippen LogP contribution is -2.46. The van der Waals surface area contributed by atoms with E-state index in [1.54, 1.807) is 0 Å². The van der Waals surface area contributed by atoms with Crippen molar-refractivity contribution in [3.05, 3.63) is 0 Å². The first-order valence-electron chi connectivity index (χ1n) is 7.42. The number of aliphatic hydroxyl groups is 1. The number of carbonyl (C=O) groups is 1. The van der Waals surface area contributed by atoms with Crippen LogP contribution in [0.2, 0.25) is 0 Å². The minimum atomic E-state index is 0.184. The Labute approximate surface area is 110 Å². The molecule has 0 aromatic carbocycles. The van der Waals surface area contributed by atoms with Crippen molar-refractivity contribution in [2.75, 3.05) is 26.2 Å². The first-order valence-corrected chi connectivity index (χ1v) is 7.42. The van der Waals surface area contributed by atoms with E-state index in [1.165, 1.54) is 6.42 Å². The highest BCUT2D eigenvalue weighted by Crippen LogP contribution is 2.27. The number of rotatable bonds is 6. The summed E-state index contributed by atoms with van der Waals surface area (Å²) in [6, 6.07) is 0.464. The third kappa shape index (κ3) is 3.69. The smallest absolute Gasteiger partial charge is 0.223 e. The Morgan fingerprint density at radius 2 is 1.94 bits per heavy atom. The van der Waals surface area contributed by atoms with Crippen LogP contribution < -0.4 is 5.32 Å². The molecule has 0 atom stereocenters. The van der Waals surface area contributed by atoms with E-state index in [9.17, 15) is 4.79 Å². The van der Waals surface area contributed by atoms with Gasteiger partial charge in [0.05, 0.1) is 0 Å². The summed E-state index contributed by atoms with van der Waals surface area (Å²) in [5, 5.41) is 12.3. The normalized spacial score (nSPS) is 21.6. The second kappa shape index (κ2) is 7.10. The van der Waals surface area contributed by atoms with Gasteiger partial charge in [-0.25, -0.2) is 0 Å². The van der Waals surface area contributed by atoms with Gasteiger partial charge in [0.2, 0.25) is 5.91 Å². The van der Waals surface area contributed by atoms with Gasteiger partial charge in [0.15, 0.2) is 0 Å². The lowest BCUT2D eigenvalue weighted by molar-refractivity contribution is -0.136. The quantitative estimate of drug-likeness (QED) is 0.747. The molecule has 2 N–H and O–H groups in total. The summed E-state index contributed by atoms with van der Waals surface area (Å²) in [5.74, 6) is 0.885. The second-order valence-corrected chi connectivity index (χ2v) is 5.65. The van der Waals surface area contributed by atoms with Crippen LogP contribution in [0.15, 0.2) is 0 Å². The molecule has 18 heavy (non-hydrogen) atoms. The number of hydrogen-bond donors (Lipinski definition) is 2. The maximum absolute atomic E-state index is 12.4. The average Bonchev–Trinajstić information content (AvgIpc) is 2.33. The van der Waals surface area contributed by atoms with Crippen molar-refractivity contribution in [3.8, 4) is 0 Å². The molecule has 0 spiro atoms. The molecule has 4 nitrogen and oxygen atoms in total. The Bertz CT molecular complexity index is 261. The fraction of sp³-hybridized carbons (Fsp3) is 0.929. The van der Waals surface area contributed by atoms with Crippen molar-refractivity contribution >= 4 is 5.91 Å². The Morgan fingerprint density at radius 3 is 2.50 bits per heavy atom. The van der Waals surface area contributed by atoms with E-state index in [4.69, 9.17) is 5.11 Å². The molecule has 0 unspecified atom stereocenters. The molecule has 1 saturated heterocycles. The van der Waals surface area contributed by atoms with Crippen LogP contribution in [0.25, 0.3) is 0 Å². The molecule has 0 aromatic rings. The first kappa shape index (κ1) is 13.8. The topological polar surface area (TPSA) is 52.6 Å². The molecule has 1 amide bonds. The van der Waals surface area contributed by atoms with Gasteiger partial charge < -0.3 is 15.3 Å². The fourth-order valence-corrected chi connectivity index (χ4v) is 2.90. The van der Waals surface area contributed by atoms with Crippen molar-refractivity contribution in [2.45, 2.75) is 51.0 Å². The zero-order valence-electron chi connectivity index (χ0n) is 11.2. The van der Waals surface area contributed by atoms with Crippen LogP contribution in [0.1, 0.15) is 44.9 Å². The standard InChI is InChI=1S/C14H26N2O2/c17-10-2-9-16(13-3-1-4-13)14(18)11-12-5-7-15-8-6-12/h12-13,15,17H,1-11H2. The predicted octanol–water partition coefficient (Wildman–Crippen LogP) is 1.14. The molecule has 1 aliphatic heterocycles. The molecule has 0 aromatic heterocycles. The Balaban J connectivity index is 1.81. The van der Waals surface area contributed by atoms with Gasteiger partial charge in [0.1, 0.15) is 0 Å². The van der Waals surface area contributed by atoms with Crippen LogP contribution in [0.3, 0.4) is 0 Å². The highest BCUT2D eigenvalue weighted by molar-refractivity contribution is 5.77. The van der Waals surface area contributed by atoms with E-state index in [1.807, 2.05) is 4.90 Å². The molecule has 4 heteroatoms. The minimum absolute atomic E-state index is 0.184. The van der Waals surface area contributed by atoms with E-state index in [0.29, 0.717) is 30.7 Å². The fourth-order valence-electron chi connectivity index (χ4n) is 2.90. The monoisotopic (exact) mass is 254 g/mol. The summed E-state index contributed by atoms with van der Waals surface area (Å²) in [7, 11) is 0. The SMILES string of the molecule is O=C(CC1CCNCC1)N(CCCO)C1CCC1. The first-order chi connectivity index (χ1) is 8.81. The van der Waals surface area contributed by atoms with Crippen molar-refractivity contribution < 1.29 is 9.90 Å². The highest BCUT2D eigenvalue weighted by Gasteiger charge is 2.29. The van der Waals surface area contributed by atoms with Crippen molar-refractivity contribution in [3.63, 3.8) is 0 Å². The van der Waals surface area contributed by atoms with Crippen molar-refractivity contribution in [1.29, 1.82) is 0 Å². The lowest BCUT2D eigenvalue weighted by Gasteiger charge is -2.38. The van der Waals surface area contributed by atoms with E-state index >= 15 is 0 Å². The van der Waals surface area contributed by atoms with Crippen LogP contribution in [-0.2, 0) is 4.79 Å². The molecule has 104 valence electrons. The molecular formula is C14H26N2O2. The maximum Gasteiger partial charge on any atom is 0.223 e. The minimum Gasteiger partial charge on any atom is -0.396 e. The van der Waals surface area contributed by atoms with E-state index in [-0.39, 0.29) is 6.61 Å². The highest BCUT2D eigenvalue weighted by atomic mass is 16.3. The molecule has 1 saturated carbocycles. The van der Waals surface area contributed by atoms with Gasteiger partial charge in [-0.05, 0) is 57.5 Å². The number of hydrogen-bond acceptors (Lipinski definition) is 3. The van der Waals surface area contributed by atoms with Gasteiger partial charge in [0, 0.05) is 25.6 Å². The number of amides is 1. The number of aliphatic hydroxyl groups excluding tert-OH is 1. The van der Waals surface area contributed by atoms with E-state index < -0.39 is 0 Å². The summed E-state index contributed by atoms with van der Waals surface area (Å²) in [6.45, 7) is 3.03. The van der Waals surface area contributed by atoms with Gasteiger partial charge >= 0.3 is 0 Å². The van der Waals surface area contributed by atoms with Crippen LogP contribution in [0.4, 0.5) is 0 Å². The summed E-state index contributed by atoms with van der Waals surface area (Å²) < 4.78 is 0. The number of nitrogens with zero attached hydrogens (tertiary/aromatic N) is 1. The van der Waals surface area contributed by atoms with Gasteiger partial charge in [0.25, 0.3) is 0 Å². The molecule has 0 radical (unpaired) electrons. The van der Waals surface area contributed by atoms with E-state index in [2.05, 4.69) is 5.32 Å². The van der Waals surface area contributed by atoms with Gasteiger partial charge in [-0.1, -0.05) is 0 Å². The molecule has 0 bridgehead atoms. The molecule has 1 aliphatic carbocycles. The van der Waals surface area contributed by atoms with E-state index in [0.717, 1.165) is 45.3 Å². The Hall–Kier alpha value is -0.610. The van der Waals surface area contributed by atoms with Crippen LogP contribution >= 0.6 is 0 Å². The molecule has 2 fully saturated rings. The maximum atomic E-state index is 12.4. The van der Waals surface area contributed by atoms with Crippen LogP contribution in [0.5, 0.6) is 0 Å². The van der Waals surface area contributed by atoms with Gasteiger partial charge in [-0.2, -0.15) is 0 Å². The third-order valence-electron chi connectivity index (χ3n) is 4.31. The zero-order valence-corrected chi connectivity index (χ0v) is 11.2.